The second kappa shape index (κ2) is 6.06. The molecule has 0 atom stereocenters. The summed E-state index contributed by atoms with van der Waals surface area (Å²) in [7, 11) is 0. The molecule has 1 aliphatic rings. The molecule has 0 aliphatic carbocycles. The molecule has 2 heteroatoms. The topological polar surface area (TPSA) is 24.1 Å². The van der Waals surface area contributed by atoms with Crippen molar-refractivity contribution >= 4 is 0 Å². The predicted octanol–water partition coefficient (Wildman–Crippen LogP) is 2.94. The van der Waals surface area contributed by atoms with Crippen LogP contribution in [0, 0.1) is 5.41 Å². The van der Waals surface area contributed by atoms with Gasteiger partial charge in [-0.2, -0.15) is 0 Å². The summed E-state index contributed by atoms with van der Waals surface area (Å²) >= 11 is 0. The minimum absolute atomic E-state index is 0.317. The van der Waals surface area contributed by atoms with Crippen molar-refractivity contribution in [1.29, 1.82) is 0 Å². The van der Waals surface area contributed by atoms with E-state index in [9.17, 15) is 0 Å². The lowest BCUT2D eigenvalue weighted by molar-refractivity contribution is 0.274. The molecule has 2 N–H and O–H groups in total. The first-order valence-corrected chi connectivity index (χ1v) is 7.49. The predicted molar refractivity (Wildman–Crippen MR) is 82.5 cm³/mol. The largest absolute Gasteiger partial charge is 0.317 e. The summed E-state index contributed by atoms with van der Waals surface area (Å²) in [5.74, 6) is 0. The third-order valence-corrected chi connectivity index (χ3v) is 4.07. The summed E-state index contributed by atoms with van der Waals surface area (Å²) in [5.41, 5.74) is 2.17. The van der Waals surface area contributed by atoms with Gasteiger partial charge in [0.25, 0.3) is 0 Å². The number of nitrogens with one attached hydrogen (secondary N) is 2. The number of hydrogen-bond acceptors (Lipinski definition) is 2. The molecule has 0 spiro atoms. The van der Waals surface area contributed by atoms with E-state index in [0.29, 0.717) is 10.8 Å². The maximum absolute atomic E-state index is 3.71. The Morgan fingerprint density at radius 2 is 1.74 bits per heavy atom. The van der Waals surface area contributed by atoms with E-state index in [1.165, 1.54) is 18.4 Å². The number of benzene rings is 1. The van der Waals surface area contributed by atoms with Gasteiger partial charge in [0.15, 0.2) is 0 Å². The van der Waals surface area contributed by atoms with E-state index >= 15 is 0 Å². The van der Waals surface area contributed by atoms with E-state index in [4.69, 9.17) is 0 Å². The van der Waals surface area contributed by atoms with Crippen molar-refractivity contribution in [3.8, 4) is 0 Å². The highest BCUT2D eigenvalue weighted by molar-refractivity contribution is 5.27. The summed E-state index contributed by atoms with van der Waals surface area (Å²) in [5, 5.41) is 7.19. The van der Waals surface area contributed by atoms with E-state index in [1.807, 2.05) is 0 Å². The molecule has 106 valence electrons. The number of piperidine rings is 1. The SMILES string of the molecule is CC(C)(C)CNCC1(c2ccccc2)CCNCC1. The Labute approximate surface area is 118 Å². The second-order valence-corrected chi connectivity index (χ2v) is 7.06. The van der Waals surface area contributed by atoms with E-state index in [1.54, 1.807) is 0 Å². The molecular weight excluding hydrogens is 232 g/mol. The van der Waals surface area contributed by atoms with Crippen LogP contribution in [0.15, 0.2) is 30.3 Å². The molecule has 1 aliphatic heterocycles. The zero-order chi connectivity index (χ0) is 13.8. The zero-order valence-corrected chi connectivity index (χ0v) is 12.6. The van der Waals surface area contributed by atoms with Crippen LogP contribution in [0.3, 0.4) is 0 Å². The van der Waals surface area contributed by atoms with Gasteiger partial charge in [-0.1, -0.05) is 51.1 Å². The van der Waals surface area contributed by atoms with Gasteiger partial charge in [0.2, 0.25) is 0 Å². The summed E-state index contributed by atoms with van der Waals surface area (Å²) in [6.45, 7) is 11.3. The Hall–Kier alpha value is -0.860. The van der Waals surface area contributed by atoms with Gasteiger partial charge < -0.3 is 10.6 Å². The maximum atomic E-state index is 3.71. The molecule has 1 heterocycles. The second-order valence-electron chi connectivity index (χ2n) is 7.06. The van der Waals surface area contributed by atoms with Crippen LogP contribution in [0.25, 0.3) is 0 Å². The van der Waals surface area contributed by atoms with Crippen LogP contribution in [0.1, 0.15) is 39.2 Å². The molecule has 1 fully saturated rings. The molecule has 0 amide bonds. The Bertz CT molecular complexity index is 372. The van der Waals surface area contributed by atoms with E-state index < -0.39 is 0 Å². The number of rotatable bonds is 4. The molecule has 2 nitrogen and oxygen atoms in total. The van der Waals surface area contributed by atoms with Gasteiger partial charge in [-0.3, -0.25) is 0 Å². The average molecular weight is 260 g/mol. The molecule has 1 aromatic carbocycles. The third-order valence-electron chi connectivity index (χ3n) is 4.07. The molecule has 19 heavy (non-hydrogen) atoms. The van der Waals surface area contributed by atoms with Gasteiger partial charge >= 0.3 is 0 Å². The van der Waals surface area contributed by atoms with Gasteiger partial charge in [0.1, 0.15) is 0 Å². The van der Waals surface area contributed by atoms with Crippen molar-refractivity contribution in [2.24, 2.45) is 5.41 Å². The molecule has 1 saturated heterocycles. The van der Waals surface area contributed by atoms with Crippen LogP contribution in [0.2, 0.25) is 0 Å². The Balaban J connectivity index is 2.07. The highest BCUT2D eigenvalue weighted by Crippen LogP contribution is 2.32. The van der Waals surface area contributed by atoms with Crippen LogP contribution in [-0.2, 0) is 5.41 Å². The molecule has 0 saturated carbocycles. The van der Waals surface area contributed by atoms with Gasteiger partial charge in [-0.25, -0.2) is 0 Å². The molecule has 0 bridgehead atoms. The zero-order valence-electron chi connectivity index (χ0n) is 12.6. The van der Waals surface area contributed by atoms with E-state index in [2.05, 4.69) is 61.7 Å². The maximum Gasteiger partial charge on any atom is 0.0102 e. The highest BCUT2D eigenvalue weighted by Gasteiger charge is 2.33. The lowest BCUT2D eigenvalue weighted by Crippen LogP contribution is -2.47. The summed E-state index contributed by atoms with van der Waals surface area (Å²) in [6.07, 6.45) is 2.46. The molecular formula is C17H28N2. The van der Waals surface area contributed by atoms with Crippen molar-refractivity contribution in [3.63, 3.8) is 0 Å². The first kappa shape index (κ1) is 14.5. The molecule has 0 aromatic heterocycles. The van der Waals surface area contributed by atoms with Crippen molar-refractivity contribution in [3.05, 3.63) is 35.9 Å². The van der Waals surface area contributed by atoms with Crippen molar-refractivity contribution in [2.45, 2.75) is 39.0 Å². The normalized spacial score (nSPS) is 19.3. The van der Waals surface area contributed by atoms with E-state index in [0.717, 1.165) is 26.2 Å². The van der Waals surface area contributed by atoms with Crippen LogP contribution >= 0.6 is 0 Å². The highest BCUT2D eigenvalue weighted by atomic mass is 14.9. The quantitative estimate of drug-likeness (QED) is 0.870. The van der Waals surface area contributed by atoms with Gasteiger partial charge in [0.05, 0.1) is 0 Å². The summed E-state index contributed by atoms with van der Waals surface area (Å²) in [4.78, 5) is 0. The molecule has 2 rings (SSSR count). The summed E-state index contributed by atoms with van der Waals surface area (Å²) in [6, 6.07) is 11.0. The fraction of sp³-hybridized carbons (Fsp3) is 0.647. The van der Waals surface area contributed by atoms with Crippen LogP contribution in [0.4, 0.5) is 0 Å². The molecule has 0 radical (unpaired) electrons. The average Bonchev–Trinajstić information content (AvgIpc) is 2.39. The third kappa shape index (κ3) is 4.05. The molecule has 0 unspecified atom stereocenters. The van der Waals surface area contributed by atoms with Crippen LogP contribution < -0.4 is 10.6 Å². The van der Waals surface area contributed by atoms with Crippen LogP contribution in [-0.4, -0.2) is 26.2 Å². The van der Waals surface area contributed by atoms with Gasteiger partial charge in [-0.05, 0) is 36.9 Å². The minimum atomic E-state index is 0.317. The molecule has 1 aromatic rings. The fourth-order valence-electron chi connectivity index (χ4n) is 2.94. The minimum Gasteiger partial charge on any atom is -0.317 e. The Kier molecular flexibility index (Phi) is 4.64. The standard InChI is InChI=1S/C17H28N2/c1-16(2,3)13-19-14-17(9-11-18-12-10-17)15-7-5-4-6-8-15/h4-8,18-19H,9-14H2,1-3H3. The first-order chi connectivity index (χ1) is 9.02. The number of hydrogen-bond donors (Lipinski definition) is 2. The fourth-order valence-corrected chi connectivity index (χ4v) is 2.94. The first-order valence-electron chi connectivity index (χ1n) is 7.49. The van der Waals surface area contributed by atoms with E-state index in [-0.39, 0.29) is 0 Å². The monoisotopic (exact) mass is 260 g/mol. The smallest absolute Gasteiger partial charge is 0.0102 e. The van der Waals surface area contributed by atoms with Crippen molar-refractivity contribution in [2.75, 3.05) is 26.2 Å². The lowest BCUT2D eigenvalue weighted by atomic mass is 9.73. The van der Waals surface area contributed by atoms with Crippen molar-refractivity contribution < 1.29 is 0 Å². The summed E-state index contributed by atoms with van der Waals surface area (Å²) < 4.78 is 0. The Morgan fingerprint density at radius 1 is 1.11 bits per heavy atom. The Morgan fingerprint density at radius 3 is 2.32 bits per heavy atom. The lowest BCUT2D eigenvalue weighted by Gasteiger charge is -2.39. The van der Waals surface area contributed by atoms with Crippen molar-refractivity contribution in [1.82, 2.24) is 10.6 Å². The van der Waals surface area contributed by atoms with Crippen LogP contribution in [0.5, 0.6) is 0 Å². The van der Waals surface area contributed by atoms with Gasteiger partial charge in [-0.15, -0.1) is 0 Å². The van der Waals surface area contributed by atoms with Gasteiger partial charge in [0, 0.05) is 18.5 Å².